The lowest BCUT2D eigenvalue weighted by atomic mass is 9.98. The first-order chi connectivity index (χ1) is 15.8. The molecule has 1 saturated heterocycles. The number of hydrogen-bond donors (Lipinski definition) is 1. The van der Waals surface area contributed by atoms with E-state index < -0.39 is 21.8 Å². The van der Waals surface area contributed by atoms with Crippen molar-refractivity contribution in [1.82, 2.24) is 14.5 Å². The van der Waals surface area contributed by atoms with Gasteiger partial charge < -0.3 is 5.32 Å². The van der Waals surface area contributed by atoms with E-state index in [1.54, 1.807) is 0 Å². The van der Waals surface area contributed by atoms with Gasteiger partial charge in [-0.15, -0.1) is 0 Å². The summed E-state index contributed by atoms with van der Waals surface area (Å²) in [6.07, 6.45) is 2.09. The minimum atomic E-state index is -3.76. The van der Waals surface area contributed by atoms with Crippen LogP contribution in [0.25, 0.3) is 0 Å². The van der Waals surface area contributed by atoms with Crippen LogP contribution >= 0.6 is 0 Å². The van der Waals surface area contributed by atoms with Gasteiger partial charge in [0.25, 0.3) is 0 Å². The molecular formula is C25H34FN3O3S. The van der Waals surface area contributed by atoms with Crippen LogP contribution in [0.3, 0.4) is 0 Å². The summed E-state index contributed by atoms with van der Waals surface area (Å²) in [6, 6.07) is 15.2. The Bertz CT molecular complexity index is 995. The molecule has 2 aromatic carbocycles. The van der Waals surface area contributed by atoms with E-state index in [0.717, 1.165) is 31.6 Å². The average molecular weight is 476 g/mol. The Labute approximate surface area is 196 Å². The van der Waals surface area contributed by atoms with Crippen LogP contribution in [0.4, 0.5) is 4.39 Å². The highest BCUT2D eigenvalue weighted by molar-refractivity contribution is 7.89. The molecule has 0 spiro atoms. The van der Waals surface area contributed by atoms with Gasteiger partial charge in [-0.25, -0.2) is 12.8 Å². The molecule has 1 aliphatic heterocycles. The molecule has 1 aliphatic rings. The Morgan fingerprint density at radius 1 is 1.12 bits per heavy atom. The van der Waals surface area contributed by atoms with Crippen LogP contribution in [0.2, 0.25) is 0 Å². The maximum Gasteiger partial charge on any atom is 0.243 e. The molecule has 180 valence electrons. The van der Waals surface area contributed by atoms with Crippen molar-refractivity contribution < 1.29 is 17.6 Å². The van der Waals surface area contributed by atoms with Crippen molar-refractivity contribution in [3.63, 3.8) is 0 Å². The largest absolute Gasteiger partial charge is 0.354 e. The van der Waals surface area contributed by atoms with E-state index in [9.17, 15) is 17.6 Å². The Morgan fingerprint density at radius 3 is 2.42 bits per heavy atom. The van der Waals surface area contributed by atoms with Crippen molar-refractivity contribution >= 4 is 15.9 Å². The van der Waals surface area contributed by atoms with E-state index in [1.807, 2.05) is 18.2 Å². The summed E-state index contributed by atoms with van der Waals surface area (Å²) in [7, 11) is -3.76. The first kappa shape index (κ1) is 25.3. The zero-order chi connectivity index (χ0) is 23.8. The average Bonchev–Trinajstić information content (AvgIpc) is 2.84. The Morgan fingerprint density at radius 2 is 1.79 bits per heavy atom. The van der Waals surface area contributed by atoms with Crippen molar-refractivity contribution in [2.45, 2.75) is 44.0 Å². The molecule has 1 N–H and O–H groups in total. The van der Waals surface area contributed by atoms with Gasteiger partial charge in [0.2, 0.25) is 15.9 Å². The number of hydrogen-bond acceptors (Lipinski definition) is 4. The molecule has 2 aromatic rings. The normalized spacial score (nSPS) is 18.2. The predicted molar refractivity (Wildman–Crippen MR) is 128 cm³/mol. The van der Waals surface area contributed by atoms with Gasteiger partial charge in [0.1, 0.15) is 5.82 Å². The molecule has 0 radical (unpaired) electrons. The number of benzene rings is 2. The van der Waals surface area contributed by atoms with Crippen LogP contribution in [0, 0.1) is 11.7 Å². The van der Waals surface area contributed by atoms with E-state index in [1.165, 1.54) is 22.0 Å². The van der Waals surface area contributed by atoms with E-state index in [0.29, 0.717) is 25.9 Å². The van der Waals surface area contributed by atoms with Crippen molar-refractivity contribution in [2.24, 2.45) is 5.92 Å². The zero-order valence-corrected chi connectivity index (χ0v) is 20.2. The third kappa shape index (κ3) is 6.62. The van der Waals surface area contributed by atoms with Gasteiger partial charge in [-0.3, -0.25) is 9.69 Å². The minimum Gasteiger partial charge on any atom is -0.354 e. The second-order valence-electron chi connectivity index (χ2n) is 8.47. The maximum atomic E-state index is 13.2. The third-order valence-corrected chi connectivity index (χ3v) is 8.24. The van der Waals surface area contributed by atoms with Crippen molar-refractivity contribution in [1.29, 1.82) is 0 Å². The highest BCUT2D eigenvalue weighted by atomic mass is 32.2. The molecule has 0 bridgehead atoms. The summed E-state index contributed by atoms with van der Waals surface area (Å²) >= 11 is 0. The molecule has 1 amide bonds. The first-order valence-corrected chi connectivity index (χ1v) is 13.1. The Hall–Kier alpha value is -2.29. The quantitative estimate of drug-likeness (QED) is 0.573. The maximum absolute atomic E-state index is 13.2. The standard InChI is InChI=1S/C25H34FN3O3S/c1-3-28(4-2)23(17-20-9-6-5-7-10-20)18-27-25(30)21-11-8-16-29(19-21)33(31,32)24-14-12-22(26)13-15-24/h5-7,9-10,12-15,21,23H,3-4,8,11,16-19H2,1-2H3,(H,27,30). The van der Waals surface area contributed by atoms with Crippen molar-refractivity contribution in [2.75, 3.05) is 32.7 Å². The highest BCUT2D eigenvalue weighted by Crippen LogP contribution is 2.24. The molecule has 2 atom stereocenters. The van der Waals surface area contributed by atoms with Crippen molar-refractivity contribution in [3.8, 4) is 0 Å². The predicted octanol–water partition coefficient (Wildman–Crippen LogP) is 3.30. The number of halogens is 1. The van der Waals surface area contributed by atoms with E-state index in [2.05, 4.69) is 36.2 Å². The van der Waals surface area contributed by atoms with Crippen LogP contribution < -0.4 is 5.32 Å². The Balaban J connectivity index is 1.64. The number of carbonyl (C=O) groups is 1. The second kappa shape index (κ2) is 11.7. The van der Waals surface area contributed by atoms with Crippen LogP contribution in [0.5, 0.6) is 0 Å². The third-order valence-electron chi connectivity index (χ3n) is 6.36. The first-order valence-electron chi connectivity index (χ1n) is 11.7. The molecule has 0 aromatic heterocycles. The lowest BCUT2D eigenvalue weighted by Crippen LogP contribution is -2.49. The molecule has 3 rings (SSSR count). The summed E-state index contributed by atoms with van der Waals surface area (Å²) in [5.74, 6) is -0.995. The number of piperidine rings is 1. The number of amides is 1. The molecule has 1 heterocycles. The van der Waals surface area contributed by atoms with Gasteiger partial charge in [-0.1, -0.05) is 44.2 Å². The van der Waals surface area contributed by atoms with Gasteiger partial charge in [-0.05, 0) is 62.2 Å². The number of likely N-dealkylation sites (N-methyl/N-ethyl adjacent to an activating group) is 1. The van der Waals surface area contributed by atoms with Gasteiger partial charge in [0, 0.05) is 25.7 Å². The van der Waals surface area contributed by atoms with Crippen LogP contribution in [0.15, 0.2) is 59.5 Å². The van der Waals surface area contributed by atoms with Crippen LogP contribution in [0.1, 0.15) is 32.3 Å². The molecule has 1 fully saturated rings. The summed E-state index contributed by atoms with van der Waals surface area (Å²) in [5, 5.41) is 3.09. The highest BCUT2D eigenvalue weighted by Gasteiger charge is 2.33. The molecular weight excluding hydrogens is 441 g/mol. The number of carbonyl (C=O) groups excluding carboxylic acids is 1. The number of nitrogens with one attached hydrogen (secondary N) is 1. The monoisotopic (exact) mass is 475 g/mol. The van der Waals surface area contributed by atoms with E-state index in [-0.39, 0.29) is 23.4 Å². The molecule has 6 nitrogen and oxygen atoms in total. The topological polar surface area (TPSA) is 69.7 Å². The minimum absolute atomic E-state index is 0.0504. The Kier molecular flexibility index (Phi) is 9.00. The lowest BCUT2D eigenvalue weighted by Gasteiger charge is -2.33. The lowest BCUT2D eigenvalue weighted by molar-refractivity contribution is -0.126. The number of rotatable bonds is 10. The van der Waals surface area contributed by atoms with Gasteiger partial charge >= 0.3 is 0 Å². The van der Waals surface area contributed by atoms with Gasteiger partial charge in [-0.2, -0.15) is 4.31 Å². The summed E-state index contributed by atoms with van der Waals surface area (Å²) < 4.78 is 40.5. The SMILES string of the molecule is CCN(CC)C(CNC(=O)C1CCCN(S(=O)(=O)c2ccc(F)cc2)C1)Cc1ccccc1. The van der Waals surface area contributed by atoms with Crippen molar-refractivity contribution in [3.05, 3.63) is 66.0 Å². The fraction of sp³-hybridized carbons (Fsp3) is 0.480. The smallest absolute Gasteiger partial charge is 0.243 e. The fourth-order valence-corrected chi connectivity index (χ4v) is 5.97. The summed E-state index contributed by atoms with van der Waals surface area (Å²) in [6.45, 7) is 7.01. The zero-order valence-electron chi connectivity index (χ0n) is 19.4. The number of sulfonamides is 1. The molecule has 0 saturated carbocycles. The molecule has 2 unspecified atom stereocenters. The number of nitrogens with zero attached hydrogens (tertiary/aromatic N) is 2. The van der Waals surface area contributed by atoms with E-state index in [4.69, 9.17) is 0 Å². The van der Waals surface area contributed by atoms with Crippen LogP contribution in [-0.4, -0.2) is 62.3 Å². The van der Waals surface area contributed by atoms with Gasteiger partial charge in [0.05, 0.1) is 10.8 Å². The molecule has 33 heavy (non-hydrogen) atoms. The molecule has 8 heteroatoms. The summed E-state index contributed by atoms with van der Waals surface area (Å²) in [5.41, 5.74) is 1.22. The molecule has 0 aliphatic carbocycles. The fourth-order valence-electron chi connectivity index (χ4n) is 4.45. The van der Waals surface area contributed by atoms with Crippen LogP contribution in [-0.2, 0) is 21.2 Å². The second-order valence-corrected chi connectivity index (χ2v) is 10.4. The van der Waals surface area contributed by atoms with Gasteiger partial charge in [0.15, 0.2) is 0 Å². The summed E-state index contributed by atoms with van der Waals surface area (Å²) in [4.78, 5) is 15.4. The van der Waals surface area contributed by atoms with E-state index >= 15 is 0 Å².